The molecule has 0 fully saturated rings. The summed E-state index contributed by atoms with van der Waals surface area (Å²) in [6.07, 6.45) is 7.38. The van der Waals surface area contributed by atoms with E-state index in [4.69, 9.17) is 42.6 Å². The molecular formula is C43H40Cl2N8O6. The van der Waals surface area contributed by atoms with Crippen LogP contribution in [0.25, 0.3) is 22.5 Å². The van der Waals surface area contributed by atoms with Gasteiger partial charge in [-0.25, -0.2) is 9.97 Å². The fraction of sp³-hybridized carbons (Fsp3) is 0.279. The molecule has 16 heteroatoms. The van der Waals surface area contributed by atoms with Crippen LogP contribution in [0.3, 0.4) is 0 Å². The Bertz CT molecular complexity index is 2610. The average molecular weight is 836 g/mol. The Morgan fingerprint density at radius 3 is 1.83 bits per heavy atom. The van der Waals surface area contributed by atoms with Crippen molar-refractivity contribution < 1.29 is 19.4 Å². The van der Waals surface area contributed by atoms with E-state index >= 15 is 0 Å². The Labute approximate surface area is 349 Å². The molecule has 6 aromatic rings. The second-order valence-corrected chi connectivity index (χ2v) is 15.5. The van der Waals surface area contributed by atoms with E-state index in [9.17, 15) is 19.5 Å². The first-order valence-electron chi connectivity index (χ1n) is 19.2. The molecule has 0 amide bonds. The van der Waals surface area contributed by atoms with E-state index in [1.807, 2.05) is 41.0 Å². The zero-order valence-corrected chi connectivity index (χ0v) is 33.8. The molecular weight excluding hydrogens is 795 g/mol. The highest BCUT2D eigenvalue weighted by molar-refractivity contribution is 6.34. The third kappa shape index (κ3) is 8.56. The highest BCUT2D eigenvalue weighted by Gasteiger charge is 2.30. The minimum absolute atomic E-state index is 0.0718. The molecule has 302 valence electrons. The van der Waals surface area contributed by atoms with Crippen LogP contribution >= 0.6 is 23.2 Å². The van der Waals surface area contributed by atoms with Gasteiger partial charge < -0.3 is 24.4 Å². The molecule has 3 aliphatic rings. The van der Waals surface area contributed by atoms with Crippen molar-refractivity contribution in [3.63, 3.8) is 0 Å². The number of anilines is 2. The number of Topliss-reactive ketones (excluding diaryl/α,β-unsaturated/α-hetero) is 1. The molecule has 14 nitrogen and oxygen atoms in total. The van der Waals surface area contributed by atoms with Crippen LogP contribution in [-0.2, 0) is 13.1 Å². The number of carbonyl (C=O) groups excluding carboxylic acids is 1. The third-order valence-electron chi connectivity index (χ3n) is 10.7. The smallest absolute Gasteiger partial charge is 0.255 e. The molecule has 2 aromatic carbocycles. The maximum absolute atomic E-state index is 13.0. The van der Waals surface area contributed by atoms with Gasteiger partial charge in [-0.05, 0) is 92.9 Å². The number of aliphatic hydroxyl groups excluding tert-OH is 1. The van der Waals surface area contributed by atoms with E-state index in [0.717, 1.165) is 24.0 Å². The average Bonchev–Trinajstić information content (AvgIpc) is 3.72. The van der Waals surface area contributed by atoms with Gasteiger partial charge in [-0.15, -0.1) is 0 Å². The topological polar surface area (TPSA) is 158 Å². The van der Waals surface area contributed by atoms with Gasteiger partial charge in [-0.1, -0.05) is 23.2 Å². The van der Waals surface area contributed by atoms with Crippen LogP contribution in [0.15, 0.2) is 107 Å². The number of aromatic nitrogens is 6. The molecule has 59 heavy (non-hydrogen) atoms. The van der Waals surface area contributed by atoms with Crippen LogP contribution in [0, 0.1) is 0 Å². The minimum atomic E-state index is -0.832. The number of ketones is 1. The Morgan fingerprint density at radius 2 is 1.25 bits per heavy atom. The van der Waals surface area contributed by atoms with Gasteiger partial charge in [0.25, 0.3) is 11.1 Å². The molecule has 0 radical (unpaired) electrons. The number of ether oxygens (including phenoxy) is 2. The van der Waals surface area contributed by atoms with E-state index in [-0.39, 0.29) is 48.9 Å². The summed E-state index contributed by atoms with van der Waals surface area (Å²) >= 11 is 12.2. The summed E-state index contributed by atoms with van der Waals surface area (Å²) in [5.74, 6) is 2.20. The van der Waals surface area contributed by atoms with E-state index in [1.165, 1.54) is 6.07 Å². The van der Waals surface area contributed by atoms with Crippen molar-refractivity contribution in [1.29, 1.82) is 0 Å². The van der Waals surface area contributed by atoms with Crippen LogP contribution in [-0.4, -0.2) is 71.9 Å². The lowest BCUT2D eigenvalue weighted by atomic mass is 10.1. The first-order valence-corrected chi connectivity index (χ1v) is 19.9. The number of rotatable bonds is 8. The quantitative estimate of drug-likeness (QED) is 0.167. The summed E-state index contributed by atoms with van der Waals surface area (Å²) in [6, 6.07) is 20.7. The molecule has 0 bridgehead atoms. The molecule has 1 N–H and O–H groups in total. The second-order valence-electron chi connectivity index (χ2n) is 14.6. The van der Waals surface area contributed by atoms with Crippen LogP contribution in [0.4, 0.5) is 11.9 Å². The number of aliphatic hydroxyl groups is 1. The van der Waals surface area contributed by atoms with E-state index in [0.29, 0.717) is 69.0 Å². The third-order valence-corrected chi connectivity index (χ3v) is 11.1. The molecule has 9 rings (SSSR count). The van der Waals surface area contributed by atoms with Crippen molar-refractivity contribution in [2.24, 2.45) is 0 Å². The summed E-state index contributed by atoms with van der Waals surface area (Å²) in [5.41, 5.74) is 3.71. The Hall–Kier alpha value is -6.09. The van der Waals surface area contributed by atoms with Crippen LogP contribution < -0.4 is 30.4 Å². The van der Waals surface area contributed by atoms with Crippen LogP contribution in [0.5, 0.6) is 11.5 Å². The van der Waals surface area contributed by atoms with E-state index in [1.54, 1.807) is 76.4 Å². The number of fused-ring (bicyclic) bond motifs is 3. The number of hydrogen-bond acceptors (Lipinski definition) is 12. The Balaban J connectivity index is 0.000000164. The first-order chi connectivity index (χ1) is 28.5. The van der Waals surface area contributed by atoms with Gasteiger partial charge in [0.05, 0.1) is 30.6 Å². The summed E-state index contributed by atoms with van der Waals surface area (Å²) in [6.45, 7) is 5.82. The fourth-order valence-electron chi connectivity index (χ4n) is 7.39. The summed E-state index contributed by atoms with van der Waals surface area (Å²) in [4.78, 5) is 60.0. The van der Waals surface area contributed by atoms with Crippen molar-refractivity contribution in [3.05, 3.63) is 139 Å². The molecule has 4 aromatic heterocycles. The maximum Gasteiger partial charge on any atom is 0.255 e. The second kappa shape index (κ2) is 17.0. The number of halogens is 2. The number of carbonyl (C=O) groups is 1. The summed E-state index contributed by atoms with van der Waals surface area (Å²) in [7, 11) is 0. The normalized spacial score (nSPS) is 17.0. The van der Waals surface area contributed by atoms with Gasteiger partial charge >= 0.3 is 0 Å². The predicted octanol–water partition coefficient (Wildman–Crippen LogP) is 6.46. The fourth-order valence-corrected chi connectivity index (χ4v) is 7.93. The highest BCUT2D eigenvalue weighted by atomic mass is 35.5. The number of benzene rings is 2. The monoisotopic (exact) mass is 834 g/mol. The molecule has 0 saturated carbocycles. The maximum atomic E-state index is 13.0. The van der Waals surface area contributed by atoms with Crippen molar-refractivity contribution in [3.8, 4) is 34.0 Å². The van der Waals surface area contributed by atoms with Gasteiger partial charge in [0.2, 0.25) is 18.7 Å². The van der Waals surface area contributed by atoms with Crippen molar-refractivity contribution in [2.75, 3.05) is 29.7 Å². The van der Waals surface area contributed by atoms with Gasteiger partial charge in [0.1, 0.15) is 0 Å². The highest BCUT2D eigenvalue weighted by Crippen LogP contribution is 2.34. The molecule has 7 heterocycles. The van der Waals surface area contributed by atoms with Crippen LogP contribution in [0.1, 0.15) is 48.7 Å². The molecule has 0 aliphatic carbocycles. The number of hydrogen-bond donors (Lipinski definition) is 1. The van der Waals surface area contributed by atoms with Gasteiger partial charge in [0.15, 0.2) is 17.3 Å². The van der Waals surface area contributed by atoms with E-state index in [2.05, 4.69) is 16.9 Å². The van der Waals surface area contributed by atoms with Gasteiger partial charge in [-0.3, -0.25) is 33.5 Å². The molecule has 0 spiro atoms. The number of pyridine rings is 2. The number of β-amino-alcohol motifs (C(OH)–C–C–N with tert-alkyl or cyclic N) is 1. The zero-order chi connectivity index (χ0) is 41.2. The zero-order valence-electron chi connectivity index (χ0n) is 32.2. The van der Waals surface area contributed by atoms with Crippen molar-refractivity contribution >= 4 is 40.9 Å². The van der Waals surface area contributed by atoms with Crippen LogP contribution in [0.2, 0.25) is 10.0 Å². The lowest BCUT2D eigenvalue weighted by Crippen LogP contribution is -2.46. The predicted molar refractivity (Wildman–Crippen MR) is 225 cm³/mol. The molecule has 0 saturated heterocycles. The molecule has 3 unspecified atom stereocenters. The Kier molecular flexibility index (Phi) is 11.5. The van der Waals surface area contributed by atoms with Crippen molar-refractivity contribution in [2.45, 2.75) is 58.0 Å². The molecule has 3 atom stereocenters. The first kappa shape index (κ1) is 39.7. The Morgan fingerprint density at radius 1 is 0.729 bits per heavy atom. The molecule has 3 aliphatic heterocycles. The lowest BCUT2D eigenvalue weighted by molar-refractivity contribution is 0.0994. The number of nitrogens with zero attached hydrogens (tertiary/aromatic N) is 8. The van der Waals surface area contributed by atoms with E-state index < -0.39 is 6.10 Å². The summed E-state index contributed by atoms with van der Waals surface area (Å²) < 4.78 is 14.0. The summed E-state index contributed by atoms with van der Waals surface area (Å²) in [5, 5.41) is 11.8. The minimum Gasteiger partial charge on any atom is -0.454 e. The van der Waals surface area contributed by atoms with Crippen molar-refractivity contribution in [1.82, 2.24) is 29.1 Å². The SMILES string of the molecule is CC1CCn2c(nc(-c3ccncc3)cc2=O)N1CC(=O)c1ccc2c(c1)OCO2.CC1CCn2c(nc(-c3ccncc3)cc2=O)N1CC(O)c1cc(Cl)cc(Cl)c1. The lowest BCUT2D eigenvalue weighted by Gasteiger charge is -2.37. The van der Waals surface area contributed by atoms with Gasteiger partial charge in [0, 0.05) is 88.8 Å². The largest absolute Gasteiger partial charge is 0.454 e. The standard InChI is InChI=1S/C22H20N4O4.C21H20Cl2N4O2/c1-14-6-9-25-21(28)11-17(15-4-7-23-8-5-15)24-22(25)26(14)12-18(27)16-2-3-19-20(10-16)30-13-29-19;1-13-4-7-26-20(29)11-18(14-2-5-24-6-3-14)25-21(26)27(13)12-19(28)15-8-16(22)10-17(23)9-15/h2-5,7-8,10-11,14H,6,9,12-13H2,1H3;2-3,5-6,8-11,13,19,28H,4,7,12H2,1H3. The van der Waals surface area contributed by atoms with Gasteiger partial charge in [-0.2, -0.15) is 0 Å².